The van der Waals surface area contributed by atoms with Gasteiger partial charge in [0.1, 0.15) is 5.82 Å². The molecular weight excluding hydrogens is 354 g/mol. The lowest BCUT2D eigenvalue weighted by Crippen LogP contribution is -2.32. The number of aliphatic hydroxyl groups is 1. The third-order valence-electron chi connectivity index (χ3n) is 5.20. The number of benzene rings is 2. The number of hydrogen-bond acceptors (Lipinski definition) is 4. The van der Waals surface area contributed by atoms with Crippen LogP contribution in [0.2, 0.25) is 0 Å². The Labute approximate surface area is 163 Å². The average molecular weight is 377 g/mol. The van der Waals surface area contributed by atoms with Crippen molar-refractivity contribution in [3.8, 4) is 11.4 Å². The molecule has 3 aromatic rings. The van der Waals surface area contributed by atoms with Crippen LogP contribution in [0.25, 0.3) is 11.4 Å². The number of H-pyrrole nitrogens is 1. The van der Waals surface area contributed by atoms with Crippen molar-refractivity contribution in [2.24, 2.45) is 0 Å². The summed E-state index contributed by atoms with van der Waals surface area (Å²) in [6.07, 6.45) is 1.06. The van der Waals surface area contributed by atoms with Crippen LogP contribution in [-0.4, -0.2) is 44.1 Å². The van der Waals surface area contributed by atoms with Gasteiger partial charge in [0.05, 0.1) is 23.1 Å². The number of rotatable bonds is 6. The van der Waals surface area contributed by atoms with Crippen LogP contribution in [0.5, 0.6) is 0 Å². The molecule has 1 atom stereocenters. The lowest BCUT2D eigenvalue weighted by molar-refractivity contribution is 0.0697. The van der Waals surface area contributed by atoms with Gasteiger partial charge in [-0.25, -0.2) is 9.78 Å². The molecule has 1 aliphatic heterocycles. The smallest absolute Gasteiger partial charge is 0.335 e. The molecule has 6 heteroatoms. The van der Waals surface area contributed by atoms with Crippen LogP contribution >= 0.6 is 0 Å². The Morgan fingerprint density at radius 2 is 2.00 bits per heavy atom. The first-order chi connectivity index (χ1) is 13.6. The normalized spacial score (nSPS) is 15.2. The Hall–Kier alpha value is -2.96. The lowest BCUT2D eigenvalue weighted by Gasteiger charge is -2.26. The van der Waals surface area contributed by atoms with E-state index in [4.69, 9.17) is 0 Å². The first kappa shape index (κ1) is 18.4. The highest BCUT2D eigenvalue weighted by Crippen LogP contribution is 2.24. The zero-order chi connectivity index (χ0) is 19.5. The monoisotopic (exact) mass is 377 g/mol. The van der Waals surface area contributed by atoms with Gasteiger partial charge in [0.25, 0.3) is 0 Å². The number of aromatic carboxylic acids is 1. The van der Waals surface area contributed by atoms with Crippen LogP contribution in [-0.2, 0) is 13.0 Å². The van der Waals surface area contributed by atoms with Crippen LogP contribution in [0.1, 0.15) is 39.8 Å². The van der Waals surface area contributed by atoms with Crippen molar-refractivity contribution in [3.63, 3.8) is 0 Å². The second-order valence-corrected chi connectivity index (χ2v) is 7.14. The maximum absolute atomic E-state index is 11.2. The quantitative estimate of drug-likeness (QED) is 0.614. The van der Waals surface area contributed by atoms with Crippen molar-refractivity contribution in [1.82, 2.24) is 14.9 Å². The zero-order valence-corrected chi connectivity index (χ0v) is 15.5. The second-order valence-electron chi connectivity index (χ2n) is 7.14. The fourth-order valence-electron chi connectivity index (χ4n) is 3.62. The fourth-order valence-corrected chi connectivity index (χ4v) is 3.62. The van der Waals surface area contributed by atoms with Crippen molar-refractivity contribution in [3.05, 3.63) is 77.1 Å². The van der Waals surface area contributed by atoms with Crippen molar-refractivity contribution < 1.29 is 15.0 Å². The van der Waals surface area contributed by atoms with Gasteiger partial charge in [-0.15, -0.1) is 0 Å². The Morgan fingerprint density at radius 3 is 2.79 bits per heavy atom. The van der Waals surface area contributed by atoms with Gasteiger partial charge in [-0.3, -0.25) is 4.90 Å². The summed E-state index contributed by atoms with van der Waals surface area (Å²) in [5.41, 5.74) is 4.08. The first-order valence-electron chi connectivity index (χ1n) is 9.47. The number of imidazole rings is 1. The van der Waals surface area contributed by atoms with Crippen LogP contribution in [0.3, 0.4) is 0 Å². The number of carboxylic acids is 1. The van der Waals surface area contributed by atoms with Crippen molar-refractivity contribution in [2.75, 3.05) is 13.1 Å². The first-order valence-corrected chi connectivity index (χ1v) is 9.47. The zero-order valence-electron chi connectivity index (χ0n) is 15.5. The maximum atomic E-state index is 11.2. The molecule has 28 heavy (non-hydrogen) atoms. The highest BCUT2D eigenvalue weighted by Gasteiger charge is 2.21. The number of nitrogens with one attached hydrogen (secondary N) is 1. The highest BCUT2D eigenvalue weighted by molar-refractivity contribution is 5.89. The summed E-state index contributed by atoms with van der Waals surface area (Å²) >= 11 is 0. The number of fused-ring (bicyclic) bond motifs is 1. The predicted octanol–water partition coefficient (Wildman–Crippen LogP) is 3.26. The van der Waals surface area contributed by atoms with Crippen molar-refractivity contribution in [1.29, 1.82) is 0 Å². The topological polar surface area (TPSA) is 89.4 Å². The number of aromatic nitrogens is 2. The molecule has 0 saturated carbocycles. The van der Waals surface area contributed by atoms with Gasteiger partial charge >= 0.3 is 5.97 Å². The standard InChI is InChI=1S/C22H23N3O3/c26-20(15-5-2-1-3-6-15)10-12-25-11-9-18-19(14-25)24-21(23-18)16-7-4-8-17(13-16)22(27)28/h1-8,13,20,26H,9-12,14H2,(H,23,24)(H,27,28)/t20-/m0/s1. The summed E-state index contributed by atoms with van der Waals surface area (Å²) in [5, 5.41) is 19.6. The van der Waals surface area contributed by atoms with Crippen LogP contribution < -0.4 is 0 Å². The number of carboxylic acid groups (broad SMARTS) is 1. The van der Waals surface area contributed by atoms with E-state index in [0.29, 0.717) is 12.2 Å². The lowest BCUT2D eigenvalue weighted by atomic mass is 10.1. The summed E-state index contributed by atoms with van der Waals surface area (Å²) in [5.74, 6) is -0.236. The molecule has 1 aliphatic rings. The largest absolute Gasteiger partial charge is 0.478 e. The van der Waals surface area contributed by atoms with Crippen LogP contribution in [0.4, 0.5) is 0 Å². The summed E-state index contributed by atoms with van der Waals surface area (Å²) in [7, 11) is 0. The van der Waals surface area contributed by atoms with Gasteiger partial charge in [0.2, 0.25) is 0 Å². The molecule has 2 aromatic carbocycles. The Balaban J connectivity index is 1.42. The molecule has 0 aliphatic carbocycles. The minimum absolute atomic E-state index is 0.253. The fraction of sp³-hybridized carbons (Fsp3) is 0.273. The minimum atomic E-state index is -0.943. The summed E-state index contributed by atoms with van der Waals surface area (Å²) < 4.78 is 0. The predicted molar refractivity (Wildman–Crippen MR) is 106 cm³/mol. The molecule has 0 amide bonds. The Bertz CT molecular complexity index is 968. The molecule has 0 unspecified atom stereocenters. The third-order valence-corrected chi connectivity index (χ3v) is 5.20. The summed E-state index contributed by atoms with van der Waals surface area (Å²) in [6.45, 7) is 2.45. The molecular formula is C22H23N3O3. The van der Waals surface area contributed by atoms with Crippen LogP contribution in [0, 0.1) is 0 Å². The molecule has 6 nitrogen and oxygen atoms in total. The molecule has 0 saturated heterocycles. The maximum Gasteiger partial charge on any atom is 0.335 e. The molecule has 0 bridgehead atoms. The molecule has 2 heterocycles. The van der Waals surface area contributed by atoms with Crippen molar-refractivity contribution in [2.45, 2.75) is 25.5 Å². The molecule has 0 radical (unpaired) electrons. The average Bonchev–Trinajstić information content (AvgIpc) is 3.16. The van der Waals surface area contributed by atoms with Gasteiger partial charge in [-0.1, -0.05) is 42.5 Å². The van der Waals surface area contributed by atoms with E-state index in [1.165, 1.54) is 0 Å². The van der Waals surface area contributed by atoms with E-state index in [9.17, 15) is 15.0 Å². The number of aliphatic hydroxyl groups excluding tert-OH is 1. The Kier molecular flexibility index (Phi) is 5.23. The molecule has 0 fully saturated rings. The van der Waals surface area contributed by atoms with E-state index in [1.54, 1.807) is 18.2 Å². The summed E-state index contributed by atoms with van der Waals surface area (Å²) in [4.78, 5) is 21.5. The Morgan fingerprint density at radius 1 is 1.18 bits per heavy atom. The second kappa shape index (κ2) is 7.96. The number of aromatic amines is 1. The van der Waals surface area contributed by atoms with E-state index in [2.05, 4.69) is 14.9 Å². The van der Waals surface area contributed by atoms with E-state index in [-0.39, 0.29) is 5.56 Å². The van der Waals surface area contributed by atoms with Gasteiger partial charge in [-0.05, 0) is 24.1 Å². The third kappa shape index (κ3) is 3.98. The molecule has 3 N–H and O–H groups in total. The SMILES string of the molecule is O=C(O)c1cccc(-c2nc3c([nH]2)CN(CC[C@H](O)c2ccccc2)CC3)c1. The minimum Gasteiger partial charge on any atom is -0.478 e. The van der Waals surface area contributed by atoms with E-state index in [1.807, 2.05) is 36.4 Å². The number of nitrogens with zero attached hydrogens (tertiary/aromatic N) is 2. The van der Waals surface area contributed by atoms with Gasteiger partial charge in [-0.2, -0.15) is 0 Å². The van der Waals surface area contributed by atoms with E-state index in [0.717, 1.165) is 48.6 Å². The van der Waals surface area contributed by atoms with E-state index >= 15 is 0 Å². The molecule has 0 spiro atoms. The van der Waals surface area contributed by atoms with Crippen molar-refractivity contribution >= 4 is 5.97 Å². The highest BCUT2D eigenvalue weighted by atomic mass is 16.4. The molecule has 4 rings (SSSR count). The number of hydrogen-bond donors (Lipinski definition) is 3. The van der Waals surface area contributed by atoms with Gasteiger partial charge < -0.3 is 15.2 Å². The van der Waals surface area contributed by atoms with Crippen LogP contribution in [0.15, 0.2) is 54.6 Å². The number of carbonyl (C=O) groups is 1. The summed E-state index contributed by atoms with van der Waals surface area (Å²) in [6, 6.07) is 16.5. The van der Waals surface area contributed by atoms with Gasteiger partial charge in [0.15, 0.2) is 0 Å². The van der Waals surface area contributed by atoms with E-state index < -0.39 is 12.1 Å². The molecule has 1 aromatic heterocycles. The van der Waals surface area contributed by atoms with Gasteiger partial charge in [0, 0.05) is 31.6 Å². The molecule has 144 valence electrons.